The molecule has 1 aromatic carbocycles. The molecule has 7 nitrogen and oxygen atoms in total. The maximum absolute atomic E-state index is 10.7. The van der Waals surface area contributed by atoms with Crippen LogP contribution in [0.5, 0.6) is 5.75 Å². The minimum atomic E-state index is -1.18. The second-order valence-corrected chi connectivity index (χ2v) is 2.86. The van der Waals surface area contributed by atoms with Crippen molar-refractivity contribution in [2.45, 2.75) is 0 Å². The van der Waals surface area contributed by atoms with Gasteiger partial charge in [-0.25, -0.2) is 4.79 Å². The first-order chi connectivity index (χ1) is 8.13. The molecular formula is C11H19NO6. The van der Waals surface area contributed by atoms with Crippen molar-refractivity contribution in [2.75, 3.05) is 26.4 Å². The highest BCUT2D eigenvalue weighted by molar-refractivity contribution is 5.90. The molecule has 0 spiro atoms. The zero-order valence-corrected chi connectivity index (χ0v) is 10.2. The number of benzene rings is 1. The molecule has 7 heteroatoms. The number of aromatic carboxylic acids is 1. The summed E-state index contributed by atoms with van der Waals surface area (Å²) in [6.45, 7) is 0.696. The van der Waals surface area contributed by atoms with Crippen molar-refractivity contribution in [1.82, 2.24) is 6.15 Å². The van der Waals surface area contributed by atoms with Crippen LogP contribution in [0.1, 0.15) is 10.4 Å². The van der Waals surface area contributed by atoms with Crippen molar-refractivity contribution in [2.24, 2.45) is 0 Å². The van der Waals surface area contributed by atoms with Gasteiger partial charge in [0.25, 0.3) is 0 Å². The number of hydrogen-bond donors (Lipinski definition) is 4. The van der Waals surface area contributed by atoms with Gasteiger partial charge in [0.15, 0.2) is 0 Å². The van der Waals surface area contributed by atoms with E-state index in [-0.39, 0.29) is 24.9 Å². The fourth-order valence-electron chi connectivity index (χ4n) is 0.874. The molecule has 1 rings (SSSR count). The minimum Gasteiger partial charge on any atom is -0.872 e. The van der Waals surface area contributed by atoms with Crippen molar-refractivity contribution in [3.05, 3.63) is 29.8 Å². The van der Waals surface area contributed by atoms with Crippen molar-refractivity contribution in [1.29, 1.82) is 0 Å². The molecular weight excluding hydrogens is 242 g/mol. The van der Waals surface area contributed by atoms with Gasteiger partial charge in [-0.3, -0.25) is 0 Å². The summed E-state index contributed by atoms with van der Waals surface area (Å²) < 4.78 is 4.63. The molecule has 0 radical (unpaired) electrons. The summed E-state index contributed by atoms with van der Waals surface area (Å²) in [5, 5.41) is 35.2. The Morgan fingerprint density at radius 1 is 1.17 bits per heavy atom. The third-order valence-electron chi connectivity index (χ3n) is 1.59. The molecule has 0 bridgehead atoms. The zero-order chi connectivity index (χ0) is 13.1. The second-order valence-electron chi connectivity index (χ2n) is 2.86. The Kier molecular flexibility index (Phi) is 12.3. The smallest absolute Gasteiger partial charge is 0.335 e. The maximum atomic E-state index is 10.7. The van der Waals surface area contributed by atoms with E-state index in [1.165, 1.54) is 24.3 Å². The van der Waals surface area contributed by atoms with E-state index in [1.807, 2.05) is 0 Å². The fourth-order valence-corrected chi connectivity index (χ4v) is 0.874. The Morgan fingerprint density at radius 2 is 1.67 bits per heavy atom. The number of carboxylic acid groups (broad SMARTS) is 1. The van der Waals surface area contributed by atoms with E-state index in [0.717, 1.165) is 0 Å². The summed E-state index contributed by atoms with van der Waals surface area (Å²) in [5.41, 5.74) is -0.178. The van der Waals surface area contributed by atoms with Crippen LogP contribution in [0.15, 0.2) is 24.3 Å². The normalized spacial score (nSPS) is 8.78. The highest BCUT2D eigenvalue weighted by Crippen LogP contribution is 2.10. The van der Waals surface area contributed by atoms with Crippen molar-refractivity contribution in [3.63, 3.8) is 0 Å². The van der Waals surface area contributed by atoms with E-state index in [4.69, 9.17) is 15.3 Å². The molecule has 0 fully saturated rings. The molecule has 0 atom stereocenters. The monoisotopic (exact) mass is 261 g/mol. The molecule has 0 amide bonds. The average molecular weight is 261 g/mol. The Morgan fingerprint density at radius 3 is 2.00 bits per heavy atom. The molecule has 0 saturated carbocycles. The van der Waals surface area contributed by atoms with Crippen LogP contribution >= 0.6 is 0 Å². The first-order valence-corrected chi connectivity index (χ1v) is 4.92. The van der Waals surface area contributed by atoms with E-state index in [0.29, 0.717) is 13.2 Å². The van der Waals surface area contributed by atoms with Gasteiger partial charge >= 0.3 is 5.97 Å². The average Bonchev–Trinajstić information content (AvgIpc) is 2.31. The summed E-state index contributed by atoms with van der Waals surface area (Å²) in [6.07, 6.45) is 0. The van der Waals surface area contributed by atoms with Gasteiger partial charge in [0.05, 0.1) is 32.0 Å². The number of para-hydroxylation sites is 1. The van der Waals surface area contributed by atoms with Crippen LogP contribution in [-0.2, 0) is 4.74 Å². The third kappa shape index (κ3) is 8.48. The lowest BCUT2D eigenvalue weighted by Gasteiger charge is -2.07. The molecule has 7 N–H and O–H groups in total. The summed E-state index contributed by atoms with van der Waals surface area (Å²) in [4.78, 5) is 10.2. The number of carbonyl (C=O) groups is 1. The number of carboxylic acids is 1. The third-order valence-corrected chi connectivity index (χ3v) is 1.59. The SMILES string of the molecule is O=C(O)c1ccccc1[O-].OCCOCCO.[NH4+]. The molecule has 0 aromatic heterocycles. The lowest BCUT2D eigenvalue weighted by Crippen LogP contribution is -2.03. The standard InChI is InChI=1S/C7H6O3.C4H10O3.H3N/c8-6-4-2-1-3-5(6)7(9)10;5-1-3-7-4-2-6;/h1-4,8H,(H,9,10);5-6H,1-4H2;1H3. The van der Waals surface area contributed by atoms with Gasteiger partial charge in [0.2, 0.25) is 0 Å². The van der Waals surface area contributed by atoms with Crippen LogP contribution in [0.25, 0.3) is 0 Å². The van der Waals surface area contributed by atoms with Gasteiger partial charge in [-0.1, -0.05) is 23.9 Å². The quantitative estimate of drug-likeness (QED) is 0.541. The number of aliphatic hydroxyl groups is 2. The maximum Gasteiger partial charge on any atom is 0.335 e. The van der Waals surface area contributed by atoms with E-state index in [9.17, 15) is 9.90 Å². The minimum absolute atomic E-state index is 0. The Labute approximate surface area is 105 Å². The number of ether oxygens (including phenoxy) is 1. The van der Waals surface area contributed by atoms with Gasteiger partial charge in [-0.2, -0.15) is 0 Å². The van der Waals surface area contributed by atoms with E-state index in [1.54, 1.807) is 0 Å². The molecule has 0 heterocycles. The number of hydrogen-bond acceptors (Lipinski definition) is 5. The zero-order valence-electron chi connectivity index (χ0n) is 10.2. The summed E-state index contributed by atoms with van der Waals surface area (Å²) in [6, 6.07) is 5.54. The van der Waals surface area contributed by atoms with Crippen molar-refractivity contribution >= 4 is 5.97 Å². The Hall–Kier alpha value is -1.67. The lowest BCUT2D eigenvalue weighted by molar-refractivity contribution is -0.268. The Balaban J connectivity index is 0. The molecule has 1 aromatic rings. The molecule has 104 valence electrons. The molecule has 0 unspecified atom stereocenters. The second kappa shape index (κ2) is 11.8. The molecule has 0 aliphatic heterocycles. The largest absolute Gasteiger partial charge is 0.872 e. The fraction of sp³-hybridized carbons (Fsp3) is 0.364. The first-order valence-electron chi connectivity index (χ1n) is 4.92. The van der Waals surface area contributed by atoms with Gasteiger partial charge in [0, 0.05) is 0 Å². The molecule has 18 heavy (non-hydrogen) atoms. The van der Waals surface area contributed by atoms with Crippen LogP contribution in [0.3, 0.4) is 0 Å². The predicted octanol–water partition coefficient (Wildman–Crippen LogP) is -0.178. The number of quaternary nitrogens is 1. The lowest BCUT2D eigenvalue weighted by atomic mass is 10.2. The van der Waals surface area contributed by atoms with Crippen molar-refractivity contribution in [3.8, 4) is 5.75 Å². The van der Waals surface area contributed by atoms with Crippen LogP contribution < -0.4 is 11.3 Å². The summed E-state index contributed by atoms with van der Waals surface area (Å²) in [7, 11) is 0. The highest BCUT2D eigenvalue weighted by atomic mass is 16.5. The van der Waals surface area contributed by atoms with E-state index < -0.39 is 11.7 Å². The summed E-state index contributed by atoms with van der Waals surface area (Å²) >= 11 is 0. The van der Waals surface area contributed by atoms with Crippen LogP contribution in [0.2, 0.25) is 0 Å². The van der Waals surface area contributed by atoms with Crippen LogP contribution in [-0.4, -0.2) is 47.7 Å². The van der Waals surface area contributed by atoms with Gasteiger partial charge in [-0.15, -0.1) is 0 Å². The van der Waals surface area contributed by atoms with Crippen LogP contribution in [0.4, 0.5) is 0 Å². The molecule has 0 aliphatic carbocycles. The van der Waals surface area contributed by atoms with Crippen LogP contribution in [0, 0.1) is 0 Å². The van der Waals surface area contributed by atoms with E-state index in [2.05, 4.69) is 4.74 Å². The Bertz CT molecular complexity index is 327. The van der Waals surface area contributed by atoms with E-state index >= 15 is 0 Å². The van der Waals surface area contributed by atoms with Gasteiger partial charge in [0.1, 0.15) is 0 Å². The van der Waals surface area contributed by atoms with Gasteiger partial charge in [-0.05, 0) is 6.07 Å². The number of aliphatic hydroxyl groups excluding tert-OH is 2. The molecule has 0 aliphatic rings. The number of rotatable bonds is 5. The predicted molar refractivity (Wildman–Crippen MR) is 63.8 cm³/mol. The summed E-state index contributed by atoms with van der Waals surface area (Å²) in [5.74, 6) is -1.62. The highest BCUT2D eigenvalue weighted by Gasteiger charge is 1.99. The van der Waals surface area contributed by atoms with Crippen molar-refractivity contribution < 1.29 is 30.0 Å². The van der Waals surface area contributed by atoms with Gasteiger partial charge < -0.3 is 31.3 Å². The topological polar surface area (TPSA) is 147 Å². The first kappa shape index (κ1) is 18.7. The molecule has 0 saturated heterocycles.